The Bertz CT molecular complexity index is 835. The Morgan fingerprint density at radius 2 is 2.04 bits per heavy atom. The highest BCUT2D eigenvalue weighted by Gasteiger charge is 2.16. The van der Waals surface area contributed by atoms with Crippen molar-refractivity contribution in [2.45, 2.75) is 19.9 Å². The fraction of sp³-hybridized carbons (Fsp3) is 0.176. The number of anilines is 1. The molecule has 0 aliphatic carbocycles. The molecule has 0 spiro atoms. The zero-order valence-corrected chi connectivity index (χ0v) is 15.3. The quantitative estimate of drug-likeness (QED) is 0.626. The average Bonchev–Trinajstić information content (AvgIpc) is 3.14. The van der Waals surface area contributed by atoms with Gasteiger partial charge < -0.3 is 4.90 Å². The molecule has 0 fully saturated rings. The number of hydrogen-bond acceptors (Lipinski definition) is 4. The van der Waals surface area contributed by atoms with E-state index in [1.54, 1.807) is 4.90 Å². The van der Waals surface area contributed by atoms with E-state index in [2.05, 4.69) is 49.3 Å². The van der Waals surface area contributed by atoms with Crippen molar-refractivity contribution in [2.75, 3.05) is 4.90 Å². The highest BCUT2D eigenvalue weighted by Crippen LogP contribution is 2.24. The van der Waals surface area contributed by atoms with E-state index in [1.165, 1.54) is 0 Å². The second-order valence-electron chi connectivity index (χ2n) is 5.25. The van der Waals surface area contributed by atoms with Crippen molar-refractivity contribution in [3.05, 3.63) is 57.7 Å². The molecule has 24 heavy (non-hydrogen) atoms. The molecule has 122 valence electrons. The fourth-order valence-electron chi connectivity index (χ4n) is 2.43. The minimum Gasteiger partial charge on any atom is -0.308 e. The van der Waals surface area contributed by atoms with Crippen LogP contribution in [0.1, 0.15) is 18.9 Å². The summed E-state index contributed by atoms with van der Waals surface area (Å²) in [7, 11) is 0. The topological polar surface area (TPSA) is 74.8 Å². The molecule has 0 aliphatic rings. The molecular weight excluding hydrogens is 417 g/mol. The van der Waals surface area contributed by atoms with Crippen molar-refractivity contribution in [3.8, 4) is 11.4 Å². The summed E-state index contributed by atoms with van der Waals surface area (Å²) < 4.78 is 1.15. The van der Waals surface area contributed by atoms with Crippen LogP contribution in [0.25, 0.3) is 11.4 Å². The molecule has 0 aliphatic heterocycles. The van der Waals surface area contributed by atoms with Gasteiger partial charge in [0.2, 0.25) is 11.7 Å². The number of halogens is 1. The van der Waals surface area contributed by atoms with Crippen molar-refractivity contribution in [1.82, 2.24) is 20.6 Å². The Kier molecular flexibility index (Phi) is 5.19. The van der Waals surface area contributed by atoms with Crippen LogP contribution in [0.2, 0.25) is 0 Å². The standard InChI is InChI=1S/C17H16IN5O/c1-2-16(24)23(11-12-5-3-7-14(18)9-12)15-8-4-6-13(10-15)17-19-21-22-20-17/h3-10H,2,11H2,1H3,(H,19,20,21,22). The van der Waals surface area contributed by atoms with Gasteiger partial charge in [-0.2, -0.15) is 5.21 Å². The molecule has 2 aromatic carbocycles. The number of hydrogen-bond donors (Lipinski definition) is 1. The van der Waals surface area contributed by atoms with E-state index in [1.807, 2.05) is 49.4 Å². The van der Waals surface area contributed by atoms with Crippen molar-refractivity contribution in [3.63, 3.8) is 0 Å². The number of benzene rings is 2. The molecule has 0 atom stereocenters. The molecule has 1 N–H and O–H groups in total. The van der Waals surface area contributed by atoms with Crippen LogP contribution in [0.5, 0.6) is 0 Å². The number of tetrazole rings is 1. The van der Waals surface area contributed by atoms with E-state index in [-0.39, 0.29) is 5.91 Å². The van der Waals surface area contributed by atoms with E-state index in [0.29, 0.717) is 18.8 Å². The monoisotopic (exact) mass is 433 g/mol. The fourth-order valence-corrected chi connectivity index (χ4v) is 3.04. The molecule has 0 saturated carbocycles. The van der Waals surface area contributed by atoms with Gasteiger partial charge in [0.25, 0.3) is 0 Å². The average molecular weight is 433 g/mol. The Hall–Kier alpha value is -2.29. The number of aromatic nitrogens is 4. The molecule has 0 bridgehead atoms. The maximum Gasteiger partial charge on any atom is 0.227 e. The number of H-pyrrole nitrogens is 1. The molecule has 1 aromatic heterocycles. The van der Waals surface area contributed by atoms with Crippen molar-refractivity contribution in [2.24, 2.45) is 0 Å². The number of amides is 1. The predicted octanol–water partition coefficient (Wildman–Crippen LogP) is 3.41. The van der Waals surface area contributed by atoms with Gasteiger partial charge in [-0.25, -0.2) is 0 Å². The lowest BCUT2D eigenvalue weighted by atomic mass is 10.1. The van der Waals surface area contributed by atoms with E-state index < -0.39 is 0 Å². The van der Waals surface area contributed by atoms with Gasteiger partial charge in [-0.3, -0.25) is 4.79 Å². The van der Waals surface area contributed by atoms with Gasteiger partial charge in [-0.1, -0.05) is 31.2 Å². The zero-order valence-electron chi connectivity index (χ0n) is 13.1. The van der Waals surface area contributed by atoms with Crippen molar-refractivity contribution >= 4 is 34.2 Å². The first-order chi connectivity index (χ1) is 11.7. The summed E-state index contributed by atoms with van der Waals surface area (Å²) in [6.07, 6.45) is 0.441. The van der Waals surface area contributed by atoms with Gasteiger partial charge in [-0.15, -0.1) is 10.2 Å². The third-order valence-electron chi connectivity index (χ3n) is 3.59. The number of carbonyl (C=O) groups is 1. The molecule has 3 aromatic rings. The summed E-state index contributed by atoms with van der Waals surface area (Å²) in [6.45, 7) is 2.40. The second kappa shape index (κ2) is 7.52. The minimum atomic E-state index is 0.0686. The highest BCUT2D eigenvalue weighted by molar-refractivity contribution is 14.1. The lowest BCUT2D eigenvalue weighted by Crippen LogP contribution is -2.29. The van der Waals surface area contributed by atoms with Crippen LogP contribution in [-0.4, -0.2) is 26.5 Å². The zero-order chi connectivity index (χ0) is 16.9. The maximum absolute atomic E-state index is 12.5. The summed E-state index contributed by atoms with van der Waals surface area (Å²) in [6, 6.07) is 15.8. The first kappa shape index (κ1) is 16.6. The molecule has 3 rings (SSSR count). The van der Waals surface area contributed by atoms with Crippen molar-refractivity contribution < 1.29 is 4.79 Å². The van der Waals surface area contributed by atoms with Gasteiger partial charge in [-0.05, 0) is 57.6 Å². The largest absolute Gasteiger partial charge is 0.308 e. The third kappa shape index (κ3) is 3.78. The molecule has 0 unspecified atom stereocenters. The molecule has 1 amide bonds. The number of carbonyl (C=O) groups excluding carboxylic acids is 1. The van der Waals surface area contributed by atoms with Crippen LogP contribution in [0.3, 0.4) is 0 Å². The smallest absolute Gasteiger partial charge is 0.227 e. The minimum absolute atomic E-state index is 0.0686. The first-order valence-electron chi connectivity index (χ1n) is 7.56. The molecular formula is C17H16IN5O. The number of nitrogens with zero attached hydrogens (tertiary/aromatic N) is 4. The van der Waals surface area contributed by atoms with Crippen molar-refractivity contribution in [1.29, 1.82) is 0 Å². The van der Waals surface area contributed by atoms with Gasteiger partial charge in [0.1, 0.15) is 0 Å². The summed E-state index contributed by atoms with van der Waals surface area (Å²) in [5, 5.41) is 14.0. The van der Waals surface area contributed by atoms with E-state index in [0.717, 1.165) is 20.4 Å². The summed E-state index contributed by atoms with van der Waals surface area (Å²) in [5.74, 6) is 0.578. The summed E-state index contributed by atoms with van der Waals surface area (Å²) >= 11 is 2.28. The van der Waals surface area contributed by atoms with Crippen LogP contribution in [0.15, 0.2) is 48.5 Å². The normalized spacial score (nSPS) is 10.6. The predicted molar refractivity (Wildman–Crippen MR) is 100 cm³/mol. The molecule has 6 nitrogen and oxygen atoms in total. The van der Waals surface area contributed by atoms with E-state index in [4.69, 9.17) is 0 Å². The first-order valence-corrected chi connectivity index (χ1v) is 8.64. The Balaban J connectivity index is 1.94. The van der Waals surface area contributed by atoms with Gasteiger partial charge in [0.15, 0.2) is 0 Å². The molecule has 0 radical (unpaired) electrons. The van der Waals surface area contributed by atoms with Crippen LogP contribution in [0.4, 0.5) is 5.69 Å². The Morgan fingerprint density at radius 3 is 2.75 bits per heavy atom. The summed E-state index contributed by atoms with van der Waals surface area (Å²) in [5.41, 5.74) is 2.73. The van der Waals surface area contributed by atoms with Gasteiger partial charge in [0.05, 0.1) is 6.54 Å². The lowest BCUT2D eigenvalue weighted by molar-refractivity contribution is -0.118. The molecule has 0 saturated heterocycles. The van der Waals surface area contributed by atoms with Crippen LogP contribution < -0.4 is 4.90 Å². The Morgan fingerprint density at radius 1 is 1.21 bits per heavy atom. The lowest BCUT2D eigenvalue weighted by Gasteiger charge is -2.23. The number of aromatic amines is 1. The molecule has 1 heterocycles. The Labute approximate surface area is 153 Å². The van der Waals surface area contributed by atoms with E-state index >= 15 is 0 Å². The number of nitrogens with one attached hydrogen (secondary N) is 1. The van der Waals surface area contributed by atoms with Crippen LogP contribution in [-0.2, 0) is 11.3 Å². The molecule has 7 heteroatoms. The maximum atomic E-state index is 12.5. The van der Waals surface area contributed by atoms with Crippen LogP contribution in [0, 0.1) is 3.57 Å². The third-order valence-corrected chi connectivity index (χ3v) is 4.27. The highest BCUT2D eigenvalue weighted by atomic mass is 127. The van der Waals surface area contributed by atoms with Gasteiger partial charge >= 0.3 is 0 Å². The second-order valence-corrected chi connectivity index (χ2v) is 6.49. The number of rotatable bonds is 5. The SMILES string of the molecule is CCC(=O)N(Cc1cccc(I)c1)c1cccc(-c2nn[nH]n2)c1. The van der Waals surface area contributed by atoms with Crippen LogP contribution >= 0.6 is 22.6 Å². The van der Waals surface area contributed by atoms with E-state index in [9.17, 15) is 4.79 Å². The summed E-state index contributed by atoms with van der Waals surface area (Å²) in [4.78, 5) is 14.3. The van der Waals surface area contributed by atoms with Gasteiger partial charge in [0, 0.05) is 21.2 Å².